The van der Waals surface area contributed by atoms with Crippen molar-refractivity contribution < 1.29 is 9.53 Å². The maximum atomic E-state index is 11.9. The van der Waals surface area contributed by atoms with Gasteiger partial charge in [0.15, 0.2) is 0 Å². The van der Waals surface area contributed by atoms with Crippen molar-refractivity contribution in [3.63, 3.8) is 0 Å². The molecule has 0 unspecified atom stereocenters. The van der Waals surface area contributed by atoms with Gasteiger partial charge in [-0.25, -0.2) is 9.59 Å². The molecule has 0 saturated heterocycles. The Hall–Kier alpha value is -1.78. The number of rotatable bonds is 4. The van der Waals surface area contributed by atoms with Gasteiger partial charge in [0.2, 0.25) is 0 Å². The van der Waals surface area contributed by atoms with Crippen LogP contribution in [0.1, 0.15) is 25.8 Å². The third-order valence-corrected chi connectivity index (χ3v) is 2.92. The molecule has 0 radical (unpaired) electrons. The lowest BCUT2D eigenvalue weighted by molar-refractivity contribution is -0.136. The zero-order valence-electron chi connectivity index (χ0n) is 10.0. The highest BCUT2D eigenvalue weighted by atomic mass is 16.5. The Labute approximate surface area is 99.3 Å². The van der Waals surface area contributed by atoms with Gasteiger partial charge in [0, 0.05) is 30.6 Å². The van der Waals surface area contributed by atoms with E-state index in [-0.39, 0.29) is 11.7 Å². The van der Waals surface area contributed by atoms with E-state index in [9.17, 15) is 9.59 Å². The van der Waals surface area contributed by atoms with E-state index in [2.05, 4.69) is 4.74 Å². The molecule has 1 heterocycles. The number of nitrogens with zero attached hydrogens (tertiary/aromatic N) is 2. The van der Waals surface area contributed by atoms with E-state index in [0.717, 1.165) is 12.8 Å². The first kappa shape index (κ1) is 11.7. The molecule has 0 N–H and O–H groups in total. The fourth-order valence-corrected chi connectivity index (χ4v) is 1.68. The first-order valence-electron chi connectivity index (χ1n) is 5.66. The van der Waals surface area contributed by atoms with Gasteiger partial charge in [-0.3, -0.25) is 9.13 Å². The number of aromatic nitrogens is 2. The lowest BCUT2D eigenvalue weighted by Crippen LogP contribution is -2.23. The number of methoxy groups -OCH3 is 1. The summed E-state index contributed by atoms with van der Waals surface area (Å²) >= 11 is 0. The van der Waals surface area contributed by atoms with E-state index in [1.165, 1.54) is 7.11 Å². The number of esters is 1. The Kier molecular flexibility index (Phi) is 3.17. The van der Waals surface area contributed by atoms with Crippen molar-refractivity contribution in [3.8, 4) is 0 Å². The highest BCUT2D eigenvalue weighted by Gasteiger charge is 2.25. The van der Waals surface area contributed by atoms with Gasteiger partial charge in [-0.15, -0.1) is 0 Å². The lowest BCUT2D eigenvalue weighted by Gasteiger charge is -2.00. The minimum Gasteiger partial charge on any atom is -0.466 e. The summed E-state index contributed by atoms with van der Waals surface area (Å²) in [5, 5.41) is 0. The number of hydrogen-bond acceptors (Lipinski definition) is 3. The SMILES string of the molecule is COC(=O)/C(C)=C/Cn1ccn(C2CC2)c1=O. The average molecular weight is 236 g/mol. The molecule has 0 aliphatic heterocycles. The second kappa shape index (κ2) is 4.61. The molecule has 1 fully saturated rings. The molecule has 0 amide bonds. The van der Waals surface area contributed by atoms with Crippen LogP contribution < -0.4 is 5.69 Å². The fourth-order valence-electron chi connectivity index (χ4n) is 1.68. The topological polar surface area (TPSA) is 53.2 Å². The molecule has 17 heavy (non-hydrogen) atoms. The summed E-state index contributed by atoms with van der Waals surface area (Å²) in [7, 11) is 1.34. The van der Waals surface area contributed by atoms with Crippen LogP contribution in [0.15, 0.2) is 28.8 Å². The second-order valence-electron chi connectivity index (χ2n) is 4.25. The third-order valence-electron chi connectivity index (χ3n) is 2.92. The van der Waals surface area contributed by atoms with Crippen molar-refractivity contribution in [2.75, 3.05) is 7.11 Å². The first-order valence-corrected chi connectivity index (χ1v) is 5.66. The van der Waals surface area contributed by atoms with E-state index in [1.807, 2.05) is 0 Å². The quantitative estimate of drug-likeness (QED) is 0.581. The molecule has 92 valence electrons. The third kappa shape index (κ3) is 2.49. The van der Waals surface area contributed by atoms with Gasteiger partial charge < -0.3 is 4.74 Å². The fraction of sp³-hybridized carbons (Fsp3) is 0.500. The smallest absolute Gasteiger partial charge is 0.333 e. The predicted molar refractivity (Wildman–Crippen MR) is 62.7 cm³/mol. The number of allylic oxidation sites excluding steroid dienone is 1. The molecule has 0 aromatic carbocycles. The second-order valence-corrected chi connectivity index (χ2v) is 4.25. The molecule has 1 saturated carbocycles. The molecule has 5 heteroatoms. The Balaban J connectivity index is 2.09. The van der Waals surface area contributed by atoms with E-state index in [4.69, 9.17) is 0 Å². The van der Waals surface area contributed by atoms with Crippen LogP contribution in [0.25, 0.3) is 0 Å². The van der Waals surface area contributed by atoms with Crippen molar-refractivity contribution in [3.05, 3.63) is 34.5 Å². The van der Waals surface area contributed by atoms with Crippen LogP contribution in [-0.4, -0.2) is 22.2 Å². The Morgan fingerprint density at radius 3 is 2.82 bits per heavy atom. The number of ether oxygens (including phenoxy) is 1. The molecule has 5 nitrogen and oxygen atoms in total. The largest absolute Gasteiger partial charge is 0.466 e. The molecule has 0 spiro atoms. The molecule has 1 aliphatic carbocycles. The van der Waals surface area contributed by atoms with Crippen LogP contribution in [0, 0.1) is 0 Å². The zero-order valence-corrected chi connectivity index (χ0v) is 10.0. The number of hydrogen-bond donors (Lipinski definition) is 0. The van der Waals surface area contributed by atoms with E-state index < -0.39 is 0 Å². The molecule has 1 aromatic rings. The number of imidazole rings is 1. The molecular formula is C12H16N2O3. The first-order chi connectivity index (χ1) is 8.13. The van der Waals surface area contributed by atoms with E-state index >= 15 is 0 Å². The number of carbonyl (C=O) groups excluding carboxylic acids is 1. The van der Waals surface area contributed by atoms with Gasteiger partial charge in [-0.05, 0) is 19.8 Å². The van der Waals surface area contributed by atoms with Gasteiger partial charge in [0.1, 0.15) is 0 Å². The minimum atomic E-state index is -0.361. The normalized spacial score (nSPS) is 16.0. The maximum absolute atomic E-state index is 11.9. The van der Waals surface area contributed by atoms with Crippen LogP contribution in [0.3, 0.4) is 0 Å². The van der Waals surface area contributed by atoms with E-state index in [1.54, 1.807) is 34.5 Å². The average Bonchev–Trinajstić information content (AvgIpc) is 3.10. The summed E-state index contributed by atoms with van der Waals surface area (Å²) < 4.78 is 7.92. The van der Waals surface area contributed by atoms with Gasteiger partial charge in [0.25, 0.3) is 0 Å². The molecule has 0 atom stereocenters. The molecule has 1 aliphatic rings. The summed E-state index contributed by atoms with van der Waals surface area (Å²) in [6, 6.07) is 0.384. The standard InChI is InChI=1S/C12H16N2O3/c1-9(11(15)17-2)5-6-13-7-8-14(12(13)16)10-3-4-10/h5,7-8,10H,3-4,6H2,1-2H3/b9-5+. The van der Waals surface area contributed by atoms with Gasteiger partial charge in [0.05, 0.1) is 7.11 Å². The summed E-state index contributed by atoms with van der Waals surface area (Å²) in [5.74, 6) is -0.361. The minimum absolute atomic E-state index is 0.0126. The van der Waals surface area contributed by atoms with Crippen molar-refractivity contribution >= 4 is 5.97 Å². The highest BCUT2D eigenvalue weighted by molar-refractivity contribution is 5.87. The summed E-state index contributed by atoms with van der Waals surface area (Å²) in [5.41, 5.74) is 0.500. The van der Waals surface area contributed by atoms with Crippen LogP contribution in [-0.2, 0) is 16.1 Å². The Morgan fingerprint density at radius 1 is 1.53 bits per heavy atom. The summed E-state index contributed by atoms with van der Waals surface area (Å²) in [6.45, 7) is 2.08. The zero-order chi connectivity index (χ0) is 12.4. The van der Waals surface area contributed by atoms with Crippen LogP contribution >= 0.6 is 0 Å². The van der Waals surface area contributed by atoms with Crippen LogP contribution in [0.5, 0.6) is 0 Å². The molecule has 2 rings (SSSR count). The number of carbonyl (C=O) groups is 1. The molecule has 1 aromatic heterocycles. The Bertz CT molecular complexity index is 506. The summed E-state index contributed by atoms with van der Waals surface area (Å²) in [4.78, 5) is 23.0. The monoisotopic (exact) mass is 236 g/mol. The van der Waals surface area contributed by atoms with Crippen molar-refractivity contribution in [1.29, 1.82) is 0 Å². The van der Waals surface area contributed by atoms with Gasteiger partial charge >= 0.3 is 11.7 Å². The maximum Gasteiger partial charge on any atom is 0.333 e. The van der Waals surface area contributed by atoms with Crippen LogP contribution in [0.4, 0.5) is 0 Å². The molecular weight excluding hydrogens is 220 g/mol. The van der Waals surface area contributed by atoms with Crippen molar-refractivity contribution in [2.24, 2.45) is 0 Å². The highest BCUT2D eigenvalue weighted by Crippen LogP contribution is 2.33. The van der Waals surface area contributed by atoms with Gasteiger partial charge in [-0.2, -0.15) is 0 Å². The van der Waals surface area contributed by atoms with Crippen molar-refractivity contribution in [2.45, 2.75) is 32.4 Å². The van der Waals surface area contributed by atoms with Crippen molar-refractivity contribution in [1.82, 2.24) is 9.13 Å². The van der Waals surface area contributed by atoms with Crippen LogP contribution in [0.2, 0.25) is 0 Å². The predicted octanol–water partition coefficient (Wildman–Crippen LogP) is 1.10. The van der Waals surface area contributed by atoms with E-state index in [0.29, 0.717) is 18.2 Å². The Morgan fingerprint density at radius 2 is 2.24 bits per heavy atom. The molecule has 0 bridgehead atoms. The summed E-state index contributed by atoms with van der Waals surface area (Å²) in [6.07, 6.45) is 7.43. The van der Waals surface area contributed by atoms with Gasteiger partial charge in [-0.1, -0.05) is 6.08 Å². The lowest BCUT2D eigenvalue weighted by atomic mass is 10.3.